The maximum Gasteiger partial charge on any atom is 0.271 e. The molecule has 9 nitrogen and oxygen atoms in total. The molecule has 5 N–H and O–H groups in total. The van der Waals surface area contributed by atoms with E-state index in [0.29, 0.717) is 16.9 Å². The molecule has 0 spiro atoms. The van der Waals surface area contributed by atoms with E-state index in [1.54, 1.807) is 18.3 Å². The number of primary amides is 1. The zero-order chi connectivity index (χ0) is 19.8. The van der Waals surface area contributed by atoms with Crippen molar-refractivity contribution < 1.29 is 9.59 Å². The summed E-state index contributed by atoms with van der Waals surface area (Å²) in [6.07, 6.45) is 4.55. The minimum Gasteiger partial charge on any atom is -0.364 e. The van der Waals surface area contributed by atoms with Crippen LogP contribution in [0.3, 0.4) is 0 Å². The highest BCUT2D eigenvalue weighted by Crippen LogP contribution is 2.33. The maximum absolute atomic E-state index is 12.5. The van der Waals surface area contributed by atoms with E-state index in [2.05, 4.69) is 25.5 Å². The monoisotopic (exact) mass is 400 g/mol. The van der Waals surface area contributed by atoms with Gasteiger partial charge in [-0.2, -0.15) is 5.10 Å². The number of nitrogens with zero attached hydrogens (tertiary/aromatic N) is 2. The molecule has 146 valence electrons. The summed E-state index contributed by atoms with van der Waals surface area (Å²) < 4.78 is 0. The lowest BCUT2D eigenvalue weighted by molar-refractivity contribution is -0.116. The number of carbonyl (C=O) groups is 2. The molecular weight excluding hydrogens is 380 g/mol. The smallest absolute Gasteiger partial charge is 0.271 e. The second kappa shape index (κ2) is 7.19. The fraction of sp³-hybridized carbons (Fsp3) is 0.389. The Kier molecular flexibility index (Phi) is 4.71. The molecule has 1 aliphatic rings. The number of hydrogen-bond acceptors (Lipinski definition) is 6. The molecule has 0 radical (unpaired) electrons. The van der Waals surface area contributed by atoms with Gasteiger partial charge in [-0.25, -0.2) is 4.98 Å². The summed E-state index contributed by atoms with van der Waals surface area (Å²) in [4.78, 5) is 45.6. The average Bonchev–Trinajstić information content (AvgIpc) is 3.21. The largest absolute Gasteiger partial charge is 0.364 e. The van der Waals surface area contributed by atoms with Crippen molar-refractivity contribution in [3.63, 3.8) is 0 Å². The molecule has 0 saturated carbocycles. The van der Waals surface area contributed by atoms with Gasteiger partial charge >= 0.3 is 0 Å². The Morgan fingerprint density at radius 2 is 2.07 bits per heavy atom. The van der Waals surface area contributed by atoms with Crippen molar-refractivity contribution in [2.45, 2.75) is 45.4 Å². The standard InChI is InChI=1S/C18H20N6O3S/c1-8-14(15(16(19)26)24-23-8)22-12(25)7-6-11-20-17(27)13-9-4-2-3-5-10(9)28-18(13)21-11/h2-7H2,1H3,(H2,19,26)(H,22,25)(H,23,24)(H,20,21,27). The molecule has 28 heavy (non-hydrogen) atoms. The van der Waals surface area contributed by atoms with Crippen LogP contribution in [0.1, 0.15) is 51.7 Å². The first-order valence-corrected chi connectivity index (χ1v) is 9.93. The van der Waals surface area contributed by atoms with Crippen LogP contribution in [0.15, 0.2) is 4.79 Å². The number of H-pyrrole nitrogens is 2. The number of carbonyl (C=O) groups excluding carboxylic acids is 2. The Morgan fingerprint density at radius 3 is 2.86 bits per heavy atom. The van der Waals surface area contributed by atoms with Gasteiger partial charge in [-0.05, 0) is 38.2 Å². The third-order valence-electron chi connectivity index (χ3n) is 4.91. The molecule has 4 rings (SSSR count). The van der Waals surface area contributed by atoms with Crippen LogP contribution in [0.4, 0.5) is 5.69 Å². The number of hydrogen-bond donors (Lipinski definition) is 4. The van der Waals surface area contributed by atoms with Crippen LogP contribution in [0.25, 0.3) is 10.2 Å². The van der Waals surface area contributed by atoms with E-state index in [1.807, 2.05) is 0 Å². The van der Waals surface area contributed by atoms with Crippen molar-refractivity contribution in [1.82, 2.24) is 20.2 Å². The highest BCUT2D eigenvalue weighted by atomic mass is 32.1. The number of nitrogens with two attached hydrogens (primary N) is 1. The third kappa shape index (κ3) is 3.31. The van der Waals surface area contributed by atoms with Crippen molar-refractivity contribution in [2.75, 3.05) is 5.32 Å². The minimum atomic E-state index is -0.724. The predicted molar refractivity (Wildman–Crippen MR) is 106 cm³/mol. The lowest BCUT2D eigenvalue weighted by Crippen LogP contribution is -2.19. The molecule has 0 aliphatic heterocycles. The Bertz CT molecular complexity index is 1140. The Labute approximate surface area is 163 Å². The molecule has 0 bridgehead atoms. The number of anilines is 1. The Hall–Kier alpha value is -3.01. The summed E-state index contributed by atoms with van der Waals surface area (Å²) in [6, 6.07) is 0. The summed E-state index contributed by atoms with van der Waals surface area (Å²) in [5, 5.41) is 9.77. The van der Waals surface area contributed by atoms with E-state index in [4.69, 9.17) is 5.73 Å². The number of aryl methyl sites for hydroxylation is 4. The molecule has 2 amide bonds. The fourth-order valence-corrected chi connectivity index (χ4v) is 4.80. The predicted octanol–water partition coefficient (Wildman–Crippen LogP) is 1.57. The molecular formula is C18H20N6O3S. The van der Waals surface area contributed by atoms with Crippen LogP contribution in [0, 0.1) is 6.92 Å². The first kappa shape index (κ1) is 18.4. The van der Waals surface area contributed by atoms with Crippen LogP contribution in [0.2, 0.25) is 0 Å². The highest BCUT2D eigenvalue weighted by Gasteiger charge is 2.20. The van der Waals surface area contributed by atoms with Gasteiger partial charge in [0.05, 0.1) is 16.8 Å². The number of aromatic amines is 2. The van der Waals surface area contributed by atoms with E-state index >= 15 is 0 Å². The van der Waals surface area contributed by atoms with Crippen LogP contribution in [0.5, 0.6) is 0 Å². The zero-order valence-electron chi connectivity index (χ0n) is 15.3. The quantitative estimate of drug-likeness (QED) is 0.513. The van der Waals surface area contributed by atoms with E-state index in [1.165, 1.54) is 4.88 Å². The third-order valence-corrected chi connectivity index (χ3v) is 6.09. The van der Waals surface area contributed by atoms with E-state index in [0.717, 1.165) is 36.1 Å². The average molecular weight is 400 g/mol. The number of amides is 2. The molecule has 0 atom stereocenters. The van der Waals surface area contributed by atoms with Gasteiger partial charge in [-0.15, -0.1) is 11.3 Å². The number of rotatable bonds is 5. The van der Waals surface area contributed by atoms with Gasteiger partial charge in [0.1, 0.15) is 10.7 Å². The molecule has 3 aromatic rings. The summed E-state index contributed by atoms with van der Waals surface area (Å²) in [6.45, 7) is 1.68. The molecule has 3 aromatic heterocycles. The summed E-state index contributed by atoms with van der Waals surface area (Å²) in [5.74, 6) is -0.566. The summed E-state index contributed by atoms with van der Waals surface area (Å²) in [7, 11) is 0. The first-order valence-electron chi connectivity index (χ1n) is 9.12. The van der Waals surface area contributed by atoms with Crippen molar-refractivity contribution in [3.8, 4) is 0 Å². The number of nitrogens with one attached hydrogen (secondary N) is 3. The van der Waals surface area contributed by atoms with Gasteiger partial charge in [-0.3, -0.25) is 19.5 Å². The van der Waals surface area contributed by atoms with Gasteiger partial charge < -0.3 is 16.0 Å². The lowest BCUT2D eigenvalue weighted by atomic mass is 9.97. The maximum atomic E-state index is 12.5. The number of thiophene rings is 1. The topological polar surface area (TPSA) is 147 Å². The summed E-state index contributed by atoms with van der Waals surface area (Å²) in [5.41, 5.74) is 7.07. The van der Waals surface area contributed by atoms with Gasteiger partial charge in [0.15, 0.2) is 5.69 Å². The molecule has 0 unspecified atom stereocenters. The lowest BCUT2D eigenvalue weighted by Gasteiger charge is -2.09. The van der Waals surface area contributed by atoms with Crippen molar-refractivity contribution in [2.24, 2.45) is 5.73 Å². The zero-order valence-corrected chi connectivity index (χ0v) is 16.2. The van der Waals surface area contributed by atoms with E-state index in [9.17, 15) is 14.4 Å². The number of fused-ring (bicyclic) bond motifs is 3. The van der Waals surface area contributed by atoms with E-state index in [-0.39, 0.29) is 35.7 Å². The van der Waals surface area contributed by atoms with Gasteiger partial charge in [0.25, 0.3) is 11.5 Å². The van der Waals surface area contributed by atoms with E-state index < -0.39 is 5.91 Å². The second-order valence-corrected chi connectivity index (χ2v) is 7.97. The van der Waals surface area contributed by atoms with Crippen LogP contribution >= 0.6 is 11.3 Å². The van der Waals surface area contributed by atoms with Gasteiger partial charge in [-0.1, -0.05) is 0 Å². The normalized spacial score (nSPS) is 13.5. The first-order chi connectivity index (χ1) is 13.4. The number of aromatic nitrogens is 4. The summed E-state index contributed by atoms with van der Waals surface area (Å²) >= 11 is 1.58. The molecule has 3 heterocycles. The second-order valence-electron chi connectivity index (χ2n) is 6.89. The highest BCUT2D eigenvalue weighted by molar-refractivity contribution is 7.18. The van der Waals surface area contributed by atoms with Crippen LogP contribution in [-0.2, 0) is 24.1 Å². The minimum absolute atomic E-state index is 0.0111. The van der Waals surface area contributed by atoms with Crippen LogP contribution < -0.4 is 16.6 Å². The SMILES string of the molecule is Cc1[nH]nc(C(N)=O)c1NC(=O)CCc1nc2sc3c(c2c(=O)[nH]1)CCCC3. The van der Waals surface area contributed by atoms with Crippen LogP contribution in [-0.4, -0.2) is 32.0 Å². The molecule has 0 aromatic carbocycles. The molecule has 0 fully saturated rings. The molecule has 0 saturated heterocycles. The molecule has 1 aliphatic carbocycles. The Balaban J connectivity index is 1.50. The molecule has 10 heteroatoms. The van der Waals surface area contributed by atoms with Gasteiger partial charge in [0, 0.05) is 17.7 Å². The van der Waals surface area contributed by atoms with Gasteiger partial charge in [0.2, 0.25) is 5.91 Å². The Morgan fingerprint density at radius 1 is 1.29 bits per heavy atom. The fourth-order valence-electron chi connectivity index (χ4n) is 3.52. The van der Waals surface area contributed by atoms with Crippen molar-refractivity contribution in [3.05, 3.63) is 38.0 Å². The van der Waals surface area contributed by atoms with Crippen molar-refractivity contribution in [1.29, 1.82) is 0 Å². The van der Waals surface area contributed by atoms with Crippen molar-refractivity contribution >= 4 is 39.1 Å².